The molecular weight excluding hydrogens is 404 g/mol. The molecule has 1 amide bonds. The Bertz CT molecular complexity index is 1270. The second kappa shape index (κ2) is 7.73. The molecule has 30 heavy (non-hydrogen) atoms. The molecule has 10 heteroatoms. The molecule has 5 rings (SSSR count). The Morgan fingerprint density at radius 2 is 2.03 bits per heavy atom. The van der Waals surface area contributed by atoms with E-state index in [1.807, 2.05) is 12.1 Å². The number of benzene rings is 1. The van der Waals surface area contributed by atoms with Crippen LogP contribution < -0.4 is 10.9 Å². The Kier molecular flexibility index (Phi) is 4.77. The van der Waals surface area contributed by atoms with Crippen molar-refractivity contribution in [3.05, 3.63) is 70.8 Å². The molecule has 1 aliphatic rings. The summed E-state index contributed by atoms with van der Waals surface area (Å²) in [6.45, 7) is 0.575. The van der Waals surface area contributed by atoms with Crippen molar-refractivity contribution in [1.82, 2.24) is 28.8 Å². The molecule has 1 saturated heterocycles. The Hall–Kier alpha value is -3.50. The molecule has 0 saturated carbocycles. The minimum Gasteiger partial charge on any atom is -0.377 e. The van der Waals surface area contributed by atoms with Crippen molar-refractivity contribution in [2.45, 2.75) is 12.1 Å². The van der Waals surface area contributed by atoms with Crippen LogP contribution in [0, 0.1) is 0 Å². The maximum absolute atomic E-state index is 12.8. The van der Waals surface area contributed by atoms with Crippen LogP contribution >= 0.6 is 11.7 Å². The van der Waals surface area contributed by atoms with Crippen molar-refractivity contribution in [3.63, 3.8) is 0 Å². The second-order valence-electron chi connectivity index (χ2n) is 6.90. The summed E-state index contributed by atoms with van der Waals surface area (Å²) in [5.41, 5.74) is 3.07. The highest BCUT2D eigenvalue weighted by molar-refractivity contribution is 7.00. The van der Waals surface area contributed by atoms with Crippen LogP contribution in [0.2, 0.25) is 0 Å². The van der Waals surface area contributed by atoms with E-state index in [1.54, 1.807) is 36.7 Å². The summed E-state index contributed by atoms with van der Waals surface area (Å²) < 4.78 is 15.3. The standard InChI is InChI=1S/C20H16N6O3S/c27-19-6-5-14(13-2-1-7-21-9-13)23-26(19)18-11-29-10-17(18)22-20(28)12-3-4-15-16(8-12)25-30-24-15/h1-9,17-18H,10-11H2,(H,22,28). The number of carbonyl (C=O) groups is 1. The summed E-state index contributed by atoms with van der Waals surface area (Å²) in [5, 5.41) is 7.47. The van der Waals surface area contributed by atoms with Gasteiger partial charge in [-0.05, 0) is 36.4 Å². The minimum atomic E-state index is -0.414. The molecule has 1 N–H and O–H groups in total. The lowest BCUT2D eigenvalue weighted by Crippen LogP contribution is -2.44. The first-order valence-corrected chi connectivity index (χ1v) is 10.0. The fourth-order valence-corrected chi connectivity index (χ4v) is 3.95. The molecule has 150 valence electrons. The first-order valence-electron chi connectivity index (χ1n) is 9.30. The fraction of sp³-hybridized carbons (Fsp3) is 0.200. The third-order valence-corrected chi connectivity index (χ3v) is 5.54. The van der Waals surface area contributed by atoms with Gasteiger partial charge in [0.05, 0.1) is 36.7 Å². The smallest absolute Gasteiger partial charge is 0.267 e. The molecule has 2 atom stereocenters. The van der Waals surface area contributed by atoms with Gasteiger partial charge in [0.25, 0.3) is 11.5 Å². The van der Waals surface area contributed by atoms with Gasteiger partial charge >= 0.3 is 0 Å². The third kappa shape index (κ3) is 3.46. The van der Waals surface area contributed by atoms with E-state index in [9.17, 15) is 9.59 Å². The first kappa shape index (κ1) is 18.5. The van der Waals surface area contributed by atoms with Crippen molar-refractivity contribution in [1.29, 1.82) is 0 Å². The predicted octanol–water partition coefficient (Wildman–Crippen LogP) is 1.68. The topological polar surface area (TPSA) is 112 Å². The quantitative estimate of drug-likeness (QED) is 0.535. The van der Waals surface area contributed by atoms with Gasteiger partial charge in [-0.3, -0.25) is 14.6 Å². The van der Waals surface area contributed by atoms with Crippen LogP contribution in [0.25, 0.3) is 22.3 Å². The molecule has 9 nitrogen and oxygen atoms in total. The van der Waals surface area contributed by atoms with E-state index < -0.39 is 12.1 Å². The number of rotatable bonds is 4. The summed E-state index contributed by atoms with van der Waals surface area (Å²) in [5.74, 6) is -0.262. The number of aromatic nitrogens is 5. The number of nitrogens with zero attached hydrogens (tertiary/aromatic N) is 5. The Balaban J connectivity index is 1.41. The van der Waals surface area contributed by atoms with Gasteiger partial charge in [0.15, 0.2) is 0 Å². The molecule has 1 fully saturated rings. The number of ether oxygens (including phenoxy) is 1. The average Bonchev–Trinajstić information content (AvgIpc) is 3.43. The zero-order valence-electron chi connectivity index (χ0n) is 15.6. The van der Waals surface area contributed by atoms with Gasteiger partial charge in [0.2, 0.25) is 0 Å². The van der Waals surface area contributed by atoms with E-state index in [-0.39, 0.29) is 18.1 Å². The SMILES string of the molecule is O=C(NC1COCC1n1nc(-c2cccnc2)ccc1=O)c1ccc2nsnc2c1. The van der Waals surface area contributed by atoms with Crippen LogP contribution in [0.3, 0.4) is 0 Å². The van der Waals surface area contributed by atoms with Crippen LogP contribution in [-0.4, -0.2) is 48.7 Å². The summed E-state index contributed by atoms with van der Waals surface area (Å²) in [6.07, 6.45) is 3.36. The molecule has 1 aliphatic heterocycles. The Morgan fingerprint density at radius 3 is 2.90 bits per heavy atom. The molecule has 3 aromatic heterocycles. The van der Waals surface area contributed by atoms with E-state index >= 15 is 0 Å². The van der Waals surface area contributed by atoms with Crippen LogP contribution in [0.5, 0.6) is 0 Å². The molecule has 0 spiro atoms. The highest BCUT2D eigenvalue weighted by Gasteiger charge is 2.33. The first-order chi connectivity index (χ1) is 14.7. The van der Waals surface area contributed by atoms with Gasteiger partial charge in [-0.2, -0.15) is 13.8 Å². The summed E-state index contributed by atoms with van der Waals surface area (Å²) in [6, 6.07) is 11.2. The van der Waals surface area contributed by atoms with Crippen LogP contribution in [-0.2, 0) is 4.74 Å². The monoisotopic (exact) mass is 420 g/mol. The molecule has 0 bridgehead atoms. The van der Waals surface area contributed by atoms with Crippen LogP contribution in [0.1, 0.15) is 16.4 Å². The van der Waals surface area contributed by atoms with Gasteiger partial charge in [-0.1, -0.05) is 0 Å². The summed E-state index contributed by atoms with van der Waals surface area (Å²) in [7, 11) is 0. The van der Waals surface area contributed by atoms with Crippen LogP contribution in [0.15, 0.2) is 59.7 Å². The van der Waals surface area contributed by atoms with E-state index in [2.05, 4.69) is 24.1 Å². The molecule has 1 aromatic carbocycles. The number of fused-ring (bicyclic) bond motifs is 1. The number of hydrogen-bond donors (Lipinski definition) is 1. The average molecular weight is 420 g/mol. The maximum atomic E-state index is 12.8. The number of amides is 1. The van der Waals surface area contributed by atoms with Crippen molar-refractivity contribution in [2.75, 3.05) is 13.2 Å². The Morgan fingerprint density at radius 1 is 1.13 bits per heavy atom. The maximum Gasteiger partial charge on any atom is 0.267 e. The van der Waals surface area contributed by atoms with Crippen molar-refractivity contribution in [2.24, 2.45) is 0 Å². The summed E-state index contributed by atoms with van der Waals surface area (Å²) >= 11 is 1.10. The number of pyridine rings is 1. The van der Waals surface area contributed by atoms with E-state index in [0.717, 1.165) is 22.8 Å². The van der Waals surface area contributed by atoms with E-state index in [4.69, 9.17) is 4.74 Å². The lowest BCUT2D eigenvalue weighted by Gasteiger charge is -2.20. The fourth-order valence-electron chi connectivity index (χ4n) is 3.43. The lowest BCUT2D eigenvalue weighted by atomic mass is 10.1. The lowest BCUT2D eigenvalue weighted by molar-refractivity contribution is 0.0925. The van der Waals surface area contributed by atoms with Crippen molar-refractivity contribution in [3.8, 4) is 11.3 Å². The van der Waals surface area contributed by atoms with Crippen molar-refractivity contribution >= 4 is 28.7 Å². The summed E-state index contributed by atoms with van der Waals surface area (Å²) in [4.78, 5) is 29.4. The predicted molar refractivity (Wildman–Crippen MR) is 110 cm³/mol. The normalized spacial score (nSPS) is 18.5. The minimum absolute atomic E-state index is 0.257. The molecule has 4 aromatic rings. The number of nitrogens with one attached hydrogen (secondary N) is 1. The van der Waals surface area contributed by atoms with Gasteiger partial charge in [0, 0.05) is 29.6 Å². The largest absolute Gasteiger partial charge is 0.377 e. The highest BCUT2D eigenvalue weighted by Crippen LogP contribution is 2.21. The molecular formula is C20H16N6O3S. The van der Waals surface area contributed by atoms with Gasteiger partial charge in [-0.25, -0.2) is 4.68 Å². The third-order valence-electron chi connectivity index (χ3n) is 4.98. The highest BCUT2D eigenvalue weighted by atomic mass is 32.1. The number of carbonyl (C=O) groups excluding carboxylic acids is 1. The van der Waals surface area contributed by atoms with Gasteiger partial charge < -0.3 is 10.1 Å². The Labute approximate surface area is 174 Å². The van der Waals surface area contributed by atoms with E-state index in [0.29, 0.717) is 23.4 Å². The van der Waals surface area contributed by atoms with E-state index in [1.165, 1.54) is 10.7 Å². The van der Waals surface area contributed by atoms with Gasteiger partial charge in [-0.15, -0.1) is 0 Å². The molecule has 4 heterocycles. The molecule has 0 aliphatic carbocycles. The molecule has 2 unspecified atom stereocenters. The zero-order chi connectivity index (χ0) is 20.5. The van der Waals surface area contributed by atoms with Crippen LogP contribution in [0.4, 0.5) is 0 Å². The molecule has 0 radical (unpaired) electrons. The second-order valence-corrected chi connectivity index (χ2v) is 7.42. The van der Waals surface area contributed by atoms with Crippen molar-refractivity contribution < 1.29 is 9.53 Å². The number of hydrogen-bond acceptors (Lipinski definition) is 8. The van der Waals surface area contributed by atoms with Gasteiger partial charge in [0.1, 0.15) is 17.1 Å². The zero-order valence-corrected chi connectivity index (χ0v) is 16.5.